The van der Waals surface area contributed by atoms with Crippen LogP contribution in [-0.2, 0) is 11.3 Å². The van der Waals surface area contributed by atoms with Gasteiger partial charge in [-0.25, -0.2) is 0 Å². The number of rotatable bonds is 5. The molecule has 1 aromatic carbocycles. The van der Waals surface area contributed by atoms with Crippen molar-refractivity contribution in [1.29, 1.82) is 0 Å². The van der Waals surface area contributed by atoms with Crippen LogP contribution in [0.15, 0.2) is 29.3 Å². The molecule has 0 aromatic heterocycles. The summed E-state index contributed by atoms with van der Waals surface area (Å²) in [4.78, 5) is 7.10. The predicted octanol–water partition coefficient (Wildman–Crippen LogP) is 3.31. The molecule has 1 saturated heterocycles. The Hall–Kier alpha value is -0.860. The lowest BCUT2D eigenvalue weighted by atomic mass is 9.80. The molecule has 0 atom stereocenters. The van der Waals surface area contributed by atoms with Gasteiger partial charge in [0.25, 0.3) is 0 Å². The van der Waals surface area contributed by atoms with E-state index in [4.69, 9.17) is 4.74 Å². The Morgan fingerprint density at radius 2 is 1.74 bits per heavy atom. The van der Waals surface area contributed by atoms with Gasteiger partial charge < -0.3 is 15.4 Å². The summed E-state index contributed by atoms with van der Waals surface area (Å²) in [7, 11) is 1.85. The van der Waals surface area contributed by atoms with Gasteiger partial charge in [-0.1, -0.05) is 49.1 Å². The van der Waals surface area contributed by atoms with Crippen molar-refractivity contribution in [3.8, 4) is 0 Å². The highest BCUT2D eigenvalue weighted by molar-refractivity contribution is 14.0. The predicted molar refractivity (Wildman–Crippen MR) is 123 cm³/mol. The summed E-state index contributed by atoms with van der Waals surface area (Å²) in [6, 6.07) is 8.66. The average Bonchev–Trinajstić information content (AvgIpc) is 2.71. The number of hydrogen-bond acceptors (Lipinski definition) is 3. The van der Waals surface area contributed by atoms with E-state index >= 15 is 0 Å². The lowest BCUT2D eigenvalue weighted by molar-refractivity contribution is -0.0352. The molecule has 1 aromatic rings. The van der Waals surface area contributed by atoms with Crippen LogP contribution in [0.5, 0.6) is 0 Å². The summed E-state index contributed by atoms with van der Waals surface area (Å²) in [5, 5.41) is 7.08. The first kappa shape index (κ1) is 22.4. The minimum absolute atomic E-state index is 0. The number of nitrogens with one attached hydrogen (secondary N) is 2. The van der Waals surface area contributed by atoms with Crippen molar-refractivity contribution in [3.05, 3.63) is 35.4 Å². The van der Waals surface area contributed by atoms with E-state index in [1.54, 1.807) is 0 Å². The van der Waals surface area contributed by atoms with Gasteiger partial charge in [-0.05, 0) is 25.3 Å². The molecule has 3 rings (SSSR count). The molecule has 1 saturated carbocycles. The SMILES string of the molecule is CN=C(NCc1ccc(C)cc1)NCC1(N2CCOCC2)CCCCC1.I. The van der Waals surface area contributed by atoms with Crippen LogP contribution in [0.4, 0.5) is 0 Å². The van der Waals surface area contributed by atoms with E-state index < -0.39 is 0 Å². The number of nitrogens with zero attached hydrogens (tertiary/aromatic N) is 2. The van der Waals surface area contributed by atoms with Crippen molar-refractivity contribution in [2.24, 2.45) is 4.99 Å². The van der Waals surface area contributed by atoms with Gasteiger partial charge in [0, 0.05) is 38.8 Å². The maximum absolute atomic E-state index is 5.58. The van der Waals surface area contributed by atoms with E-state index in [1.165, 1.54) is 43.2 Å². The lowest BCUT2D eigenvalue weighted by Crippen LogP contribution is -2.60. The van der Waals surface area contributed by atoms with Crippen LogP contribution in [0.3, 0.4) is 0 Å². The Bertz CT molecular complexity index is 578. The van der Waals surface area contributed by atoms with Crippen LogP contribution in [0.25, 0.3) is 0 Å². The van der Waals surface area contributed by atoms with E-state index in [-0.39, 0.29) is 29.5 Å². The van der Waals surface area contributed by atoms with Gasteiger partial charge >= 0.3 is 0 Å². The maximum atomic E-state index is 5.58. The Kier molecular flexibility index (Phi) is 9.32. The van der Waals surface area contributed by atoms with E-state index in [1.807, 2.05) is 7.05 Å². The molecule has 0 spiro atoms. The van der Waals surface area contributed by atoms with Crippen LogP contribution < -0.4 is 10.6 Å². The molecular formula is C21H35IN4O. The largest absolute Gasteiger partial charge is 0.379 e. The normalized spacial score (nSPS) is 20.6. The van der Waals surface area contributed by atoms with Crippen molar-refractivity contribution in [2.45, 2.75) is 51.1 Å². The van der Waals surface area contributed by atoms with Crippen LogP contribution in [-0.4, -0.2) is 56.3 Å². The first-order valence-corrected chi connectivity index (χ1v) is 10.0. The monoisotopic (exact) mass is 486 g/mol. The van der Waals surface area contributed by atoms with E-state index in [2.05, 4.69) is 51.7 Å². The third-order valence-electron chi connectivity index (χ3n) is 5.86. The molecule has 0 bridgehead atoms. The molecule has 1 aliphatic carbocycles. The van der Waals surface area contributed by atoms with E-state index in [0.29, 0.717) is 0 Å². The Morgan fingerprint density at radius 1 is 1.07 bits per heavy atom. The molecule has 2 aliphatic rings. The molecule has 0 unspecified atom stereocenters. The highest BCUT2D eigenvalue weighted by Gasteiger charge is 2.38. The van der Waals surface area contributed by atoms with Crippen molar-refractivity contribution < 1.29 is 4.74 Å². The zero-order valence-corrected chi connectivity index (χ0v) is 19.1. The number of halogens is 1. The maximum Gasteiger partial charge on any atom is 0.191 e. The van der Waals surface area contributed by atoms with Crippen LogP contribution in [0, 0.1) is 6.92 Å². The zero-order chi connectivity index (χ0) is 18.2. The number of hydrogen-bond donors (Lipinski definition) is 2. The molecule has 1 heterocycles. The first-order chi connectivity index (χ1) is 12.7. The Labute approximate surface area is 181 Å². The fourth-order valence-electron chi connectivity index (χ4n) is 4.21. The second-order valence-electron chi connectivity index (χ2n) is 7.65. The number of guanidine groups is 1. The third kappa shape index (κ3) is 6.32. The topological polar surface area (TPSA) is 48.9 Å². The van der Waals surface area contributed by atoms with E-state index in [0.717, 1.165) is 45.4 Å². The van der Waals surface area contributed by atoms with Gasteiger partial charge in [0.05, 0.1) is 13.2 Å². The van der Waals surface area contributed by atoms with Crippen LogP contribution >= 0.6 is 24.0 Å². The van der Waals surface area contributed by atoms with Gasteiger partial charge in [0.2, 0.25) is 0 Å². The standard InChI is InChI=1S/C21H34N4O.HI/c1-18-6-8-19(9-7-18)16-23-20(22-2)24-17-21(10-4-3-5-11-21)25-12-14-26-15-13-25;/h6-9H,3-5,10-17H2,1-2H3,(H2,22,23,24);1H. The van der Waals surface area contributed by atoms with Gasteiger partial charge in [-0.15, -0.1) is 24.0 Å². The molecule has 152 valence electrons. The second-order valence-corrected chi connectivity index (χ2v) is 7.65. The number of ether oxygens (including phenoxy) is 1. The van der Waals surface area contributed by atoms with Crippen molar-refractivity contribution in [2.75, 3.05) is 39.9 Å². The number of morpholine rings is 1. The first-order valence-electron chi connectivity index (χ1n) is 10.0. The van der Waals surface area contributed by atoms with Gasteiger partial charge in [0.15, 0.2) is 5.96 Å². The molecule has 2 N–H and O–H groups in total. The fraction of sp³-hybridized carbons (Fsp3) is 0.667. The molecule has 1 aliphatic heterocycles. The van der Waals surface area contributed by atoms with Crippen LogP contribution in [0.1, 0.15) is 43.2 Å². The fourth-order valence-corrected chi connectivity index (χ4v) is 4.21. The van der Waals surface area contributed by atoms with Crippen molar-refractivity contribution in [1.82, 2.24) is 15.5 Å². The molecule has 5 nitrogen and oxygen atoms in total. The molecule has 6 heteroatoms. The number of benzene rings is 1. The summed E-state index contributed by atoms with van der Waals surface area (Å²) >= 11 is 0. The molecular weight excluding hydrogens is 451 g/mol. The molecule has 0 radical (unpaired) electrons. The lowest BCUT2D eigenvalue weighted by Gasteiger charge is -2.48. The van der Waals surface area contributed by atoms with Gasteiger partial charge in [-0.3, -0.25) is 9.89 Å². The molecule has 0 amide bonds. The minimum atomic E-state index is 0. The second kappa shape index (κ2) is 11.2. The van der Waals surface area contributed by atoms with Crippen molar-refractivity contribution >= 4 is 29.9 Å². The average molecular weight is 486 g/mol. The Balaban J connectivity index is 0.00000261. The number of aliphatic imine (C=N–C) groups is 1. The summed E-state index contributed by atoms with van der Waals surface area (Å²) in [6.45, 7) is 7.70. The van der Waals surface area contributed by atoms with Crippen LogP contribution in [0.2, 0.25) is 0 Å². The van der Waals surface area contributed by atoms with Gasteiger partial charge in [0.1, 0.15) is 0 Å². The summed E-state index contributed by atoms with van der Waals surface area (Å²) in [6.07, 6.45) is 6.57. The highest BCUT2D eigenvalue weighted by atomic mass is 127. The summed E-state index contributed by atoms with van der Waals surface area (Å²) in [5.74, 6) is 0.892. The van der Waals surface area contributed by atoms with Crippen molar-refractivity contribution in [3.63, 3.8) is 0 Å². The zero-order valence-electron chi connectivity index (χ0n) is 16.8. The summed E-state index contributed by atoms with van der Waals surface area (Å²) < 4.78 is 5.58. The highest BCUT2D eigenvalue weighted by Crippen LogP contribution is 2.33. The minimum Gasteiger partial charge on any atom is -0.379 e. The molecule has 2 fully saturated rings. The Morgan fingerprint density at radius 3 is 2.37 bits per heavy atom. The molecule has 27 heavy (non-hydrogen) atoms. The smallest absolute Gasteiger partial charge is 0.191 e. The summed E-state index contributed by atoms with van der Waals surface area (Å²) in [5.41, 5.74) is 2.82. The number of aryl methyl sites for hydroxylation is 1. The van der Waals surface area contributed by atoms with Gasteiger partial charge in [-0.2, -0.15) is 0 Å². The quantitative estimate of drug-likeness (QED) is 0.381. The van der Waals surface area contributed by atoms with E-state index in [9.17, 15) is 0 Å². The third-order valence-corrected chi connectivity index (χ3v) is 5.86.